The number of hydrogen-bond acceptors (Lipinski definition) is 4. The SMILES string of the molecule is COc1cc(Cl)ccc1CNC1CCCC1C1COCCN1. The zero-order chi connectivity index (χ0) is 15.4. The molecule has 2 fully saturated rings. The summed E-state index contributed by atoms with van der Waals surface area (Å²) in [7, 11) is 1.69. The third-order valence-corrected chi connectivity index (χ3v) is 5.08. The van der Waals surface area contributed by atoms with Gasteiger partial charge in [-0.2, -0.15) is 0 Å². The maximum atomic E-state index is 6.03. The minimum absolute atomic E-state index is 0.487. The molecule has 1 heterocycles. The van der Waals surface area contributed by atoms with E-state index < -0.39 is 0 Å². The Kier molecular flexibility index (Phi) is 5.58. The van der Waals surface area contributed by atoms with Crippen molar-refractivity contribution in [3.05, 3.63) is 28.8 Å². The highest BCUT2D eigenvalue weighted by Crippen LogP contribution is 2.30. The van der Waals surface area contributed by atoms with Gasteiger partial charge in [-0.3, -0.25) is 0 Å². The van der Waals surface area contributed by atoms with Crippen molar-refractivity contribution in [3.63, 3.8) is 0 Å². The molecule has 3 atom stereocenters. The highest BCUT2D eigenvalue weighted by Gasteiger charge is 2.34. The second kappa shape index (κ2) is 7.64. The molecule has 1 saturated carbocycles. The first kappa shape index (κ1) is 16.1. The molecular formula is C17H25ClN2O2. The summed E-state index contributed by atoms with van der Waals surface area (Å²) < 4.78 is 11.1. The average molecular weight is 325 g/mol. The largest absolute Gasteiger partial charge is 0.496 e. The van der Waals surface area contributed by atoms with Crippen LogP contribution in [-0.2, 0) is 11.3 Å². The van der Waals surface area contributed by atoms with Crippen molar-refractivity contribution in [3.8, 4) is 5.75 Å². The van der Waals surface area contributed by atoms with Gasteiger partial charge in [0, 0.05) is 35.8 Å². The first-order valence-corrected chi connectivity index (χ1v) is 8.52. The van der Waals surface area contributed by atoms with Crippen LogP contribution in [0.25, 0.3) is 0 Å². The molecule has 0 aromatic heterocycles. The number of methoxy groups -OCH3 is 1. The van der Waals surface area contributed by atoms with Crippen LogP contribution in [0.3, 0.4) is 0 Å². The van der Waals surface area contributed by atoms with Crippen LogP contribution in [0.15, 0.2) is 18.2 Å². The zero-order valence-corrected chi connectivity index (χ0v) is 13.9. The molecule has 0 bridgehead atoms. The molecule has 1 saturated heterocycles. The van der Waals surface area contributed by atoms with Gasteiger partial charge in [0.1, 0.15) is 5.75 Å². The second-order valence-corrected chi connectivity index (χ2v) is 6.61. The lowest BCUT2D eigenvalue weighted by Gasteiger charge is -2.33. The molecular weight excluding hydrogens is 300 g/mol. The summed E-state index contributed by atoms with van der Waals surface area (Å²) in [6, 6.07) is 6.87. The minimum atomic E-state index is 0.487. The summed E-state index contributed by atoms with van der Waals surface area (Å²) in [6.07, 6.45) is 3.80. The predicted molar refractivity (Wildman–Crippen MR) is 88.6 cm³/mol. The van der Waals surface area contributed by atoms with Crippen molar-refractivity contribution < 1.29 is 9.47 Å². The molecule has 3 rings (SSSR count). The van der Waals surface area contributed by atoms with Crippen LogP contribution >= 0.6 is 11.6 Å². The molecule has 22 heavy (non-hydrogen) atoms. The van der Waals surface area contributed by atoms with Crippen molar-refractivity contribution >= 4 is 11.6 Å². The summed E-state index contributed by atoms with van der Waals surface area (Å²) in [6.45, 7) is 3.46. The van der Waals surface area contributed by atoms with Gasteiger partial charge in [0.05, 0.1) is 20.3 Å². The summed E-state index contributed by atoms with van der Waals surface area (Å²) in [5.74, 6) is 1.51. The number of ether oxygens (including phenoxy) is 2. The highest BCUT2D eigenvalue weighted by molar-refractivity contribution is 6.30. The topological polar surface area (TPSA) is 42.5 Å². The number of morpholine rings is 1. The van der Waals surface area contributed by atoms with Crippen LogP contribution in [-0.4, -0.2) is 39.0 Å². The van der Waals surface area contributed by atoms with E-state index in [2.05, 4.69) is 10.6 Å². The van der Waals surface area contributed by atoms with Crippen LogP contribution < -0.4 is 15.4 Å². The molecule has 0 radical (unpaired) electrons. The molecule has 5 heteroatoms. The third-order valence-electron chi connectivity index (χ3n) is 4.84. The van der Waals surface area contributed by atoms with Gasteiger partial charge in [0.15, 0.2) is 0 Å². The van der Waals surface area contributed by atoms with Crippen LogP contribution in [0.4, 0.5) is 0 Å². The first-order chi connectivity index (χ1) is 10.8. The lowest BCUT2D eigenvalue weighted by atomic mass is 9.94. The Bertz CT molecular complexity index is 492. The maximum absolute atomic E-state index is 6.03. The Morgan fingerprint density at radius 2 is 2.32 bits per heavy atom. The fraction of sp³-hybridized carbons (Fsp3) is 0.647. The van der Waals surface area contributed by atoms with Crippen LogP contribution in [0.2, 0.25) is 5.02 Å². The van der Waals surface area contributed by atoms with Gasteiger partial charge in [0.2, 0.25) is 0 Å². The van der Waals surface area contributed by atoms with E-state index in [1.165, 1.54) is 19.3 Å². The van der Waals surface area contributed by atoms with E-state index in [-0.39, 0.29) is 0 Å². The normalized spacial score (nSPS) is 28.7. The van der Waals surface area contributed by atoms with Crippen molar-refractivity contribution in [2.75, 3.05) is 26.9 Å². The lowest BCUT2D eigenvalue weighted by molar-refractivity contribution is 0.0524. The number of nitrogens with one attached hydrogen (secondary N) is 2. The Labute approximate surface area is 137 Å². The number of benzene rings is 1. The summed E-state index contributed by atoms with van der Waals surface area (Å²) in [5.41, 5.74) is 1.16. The van der Waals surface area contributed by atoms with E-state index in [0.29, 0.717) is 23.0 Å². The van der Waals surface area contributed by atoms with Crippen molar-refractivity contribution in [2.24, 2.45) is 5.92 Å². The molecule has 122 valence electrons. The molecule has 1 aromatic rings. The molecule has 0 spiro atoms. The summed E-state index contributed by atoms with van der Waals surface area (Å²) in [5, 5.41) is 8.04. The van der Waals surface area contributed by atoms with Crippen LogP contribution in [0.1, 0.15) is 24.8 Å². The Morgan fingerprint density at radius 3 is 3.09 bits per heavy atom. The quantitative estimate of drug-likeness (QED) is 0.873. The van der Waals surface area contributed by atoms with E-state index in [9.17, 15) is 0 Å². The number of halogens is 1. The van der Waals surface area contributed by atoms with Crippen molar-refractivity contribution in [2.45, 2.75) is 37.9 Å². The van der Waals surface area contributed by atoms with Gasteiger partial charge in [-0.05, 0) is 30.9 Å². The third kappa shape index (κ3) is 3.74. The van der Waals surface area contributed by atoms with Gasteiger partial charge in [-0.15, -0.1) is 0 Å². The number of rotatable bonds is 5. The van der Waals surface area contributed by atoms with Crippen molar-refractivity contribution in [1.29, 1.82) is 0 Å². The Morgan fingerprint density at radius 1 is 1.41 bits per heavy atom. The maximum Gasteiger partial charge on any atom is 0.124 e. The molecule has 1 aliphatic heterocycles. The molecule has 3 unspecified atom stereocenters. The monoisotopic (exact) mass is 324 g/mol. The average Bonchev–Trinajstić information content (AvgIpc) is 3.03. The Balaban J connectivity index is 1.60. The fourth-order valence-corrected chi connectivity index (χ4v) is 3.85. The fourth-order valence-electron chi connectivity index (χ4n) is 3.69. The standard InChI is InChI=1S/C17H25ClN2O2/c1-21-17-9-13(18)6-5-12(17)10-20-15-4-2-3-14(15)16-11-22-8-7-19-16/h5-6,9,14-16,19-20H,2-4,7-8,10-11H2,1H3. The Hall–Kier alpha value is -0.810. The molecule has 2 aliphatic rings. The smallest absolute Gasteiger partial charge is 0.124 e. The van der Waals surface area contributed by atoms with Gasteiger partial charge in [-0.25, -0.2) is 0 Å². The number of hydrogen-bond donors (Lipinski definition) is 2. The van der Waals surface area contributed by atoms with E-state index in [4.69, 9.17) is 21.1 Å². The highest BCUT2D eigenvalue weighted by atomic mass is 35.5. The van der Waals surface area contributed by atoms with Crippen LogP contribution in [0.5, 0.6) is 5.75 Å². The molecule has 4 nitrogen and oxygen atoms in total. The minimum Gasteiger partial charge on any atom is -0.496 e. The van der Waals surface area contributed by atoms with E-state index in [0.717, 1.165) is 37.6 Å². The molecule has 2 N–H and O–H groups in total. The zero-order valence-electron chi connectivity index (χ0n) is 13.1. The lowest BCUT2D eigenvalue weighted by Crippen LogP contribution is -2.50. The van der Waals surface area contributed by atoms with Gasteiger partial charge in [0.25, 0.3) is 0 Å². The molecule has 1 aliphatic carbocycles. The molecule has 1 aromatic carbocycles. The van der Waals surface area contributed by atoms with E-state index in [1.54, 1.807) is 7.11 Å². The van der Waals surface area contributed by atoms with E-state index in [1.807, 2.05) is 18.2 Å². The van der Waals surface area contributed by atoms with Crippen LogP contribution in [0, 0.1) is 5.92 Å². The van der Waals surface area contributed by atoms with Crippen molar-refractivity contribution in [1.82, 2.24) is 10.6 Å². The summed E-state index contributed by atoms with van der Waals surface area (Å²) >= 11 is 6.03. The second-order valence-electron chi connectivity index (χ2n) is 6.17. The van der Waals surface area contributed by atoms with E-state index >= 15 is 0 Å². The first-order valence-electron chi connectivity index (χ1n) is 8.15. The van der Waals surface area contributed by atoms with Gasteiger partial charge in [-0.1, -0.05) is 24.1 Å². The van der Waals surface area contributed by atoms with Gasteiger partial charge >= 0.3 is 0 Å². The predicted octanol–water partition coefficient (Wildman–Crippen LogP) is 2.60. The van der Waals surface area contributed by atoms with Gasteiger partial charge < -0.3 is 20.1 Å². The molecule has 0 amide bonds. The summed E-state index contributed by atoms with van der Waals surface area (Å²) in [4.78, 5) is 0.